The van der Waals surface area contributed by atoms with Crippen LogP contribution >= 0.6 is 0 Å². The largest absolute Gasteiger partial charge is 0.456 e. The molecule has 0 fully saturated rings. The Hall–Kier alpha value is -3.90. The first-order valence-corrected chi connectivity index (χ1v) is 10.4. The first-order chi connectivity index (χ1) is 15.0. The van der Waals surface area contributed by atoms with Crippen molar-refractivity contribution < 1.29 is 8.98 Å². The molecule has 0 N–H and O–H groups in total. The van der Waals surface area contributed by atoms with Gasteiger partial charge in [0.05, 0.1) is 12.1 Å². The molecule has 3 aromatic carbocycles. The molecule has 0 saturated carbocycles. The van der Waals surface area contributed by atoms with Crippen LogP contribution in [0, 0.1) is 27.3 Å². The van der Waals surface area contributed by atoms with E-state index in [9.17, 15) is 0 Å². The lowest BCUT2D eigenvalue weighted by Gasteiger charge is -2.06. The van der Waals surface area contributed by atoms with E-state index >= 15 is 0 Å². The summed E-state index contributed by atoms with van der Waals surface area (Å²) < 4.78 is 8.75. The van der Waals surface area contributed by atoms with Crippen molar-refractivity contribution in [1.29, 1.82) is 0 Å². The van der Waals surface area contributed by atoms with Gasteiger partial charge >= 0.3 is 0 Å². The third-order valence-electron chi connectivity index (χ3n) is 5.99. The van der Waals surface area contributed by atoms with Crippen LogP contribution in [0.2, 0.25) is 0 Å². The Kier molecular flexibility index (Phi) is 4.38. The van der Waals surface area contributed by atoms with Crippen LogP contribution in [0.4, 0.5) is 5.69 Å². The zero-order valence-electron chi connectivity index (χ0n) is 18.2. The minimum atomic E-state index is 0.606. The monoisotopic (exact) mass is 403 g/mol. The molecule has 0 aliphatic rings. The fourth-order valence-corrected chi connectivity index (χ4v) is 4.41. The molecule has 0 amide bonds. The Labute approximate surface area is 182 Å². The number of hydrogen-bond acceptors (Lipinski definition) is 1. The van der Waals surface area contributed by atoms with Crippen LogP contribution in [0.25, 0.3) is 49.2 Å². The molecule has 0 saturated heterocycles. The molecule has 0 bridgehead atoms. The molecular formula is C28H23N2O+. The van der Waals surface area contributed by atoms with Gasteiger partial charge in [-0.3, -0.25) is 0 Å². The predicted octanol–water partition coefficient (Wildman–Crippen LogP) is 7.22. The number of nitrogens with zero attached hydrogens (tertiary/aromatic N) is 2. The Balaban J connectivity index is 1.90. The third-order valence-corrected chi connectivity index (χ3v) is 5.99. The van der Waals surface area contributed by atoms with E-state index in [0.29, 0.717) is 5.69 Å². The maximum absolute atomic E-state index is 7.72. The number of rotatable bonds is 2. The normalized spacial score (nSPS) is 11.2. The van der Waals surface area contributed by atoms with E-state index in [1.807, 2.05) is 12.1 Å². The summed E-state index contributed by atoms with van der Waals surface area (Å²) in [6, 6.07) is 20.8. The molecule has 31 heavy (non-hydrogen) atoms. The van der Waals surface area contributed by atoms with Crippen molar-refractivity contribution in [2.75, 3.05) is 0 Å². The van der Waals surface area contributed by atoms with Crippen molar-refractivity contribution in [3.8, 4) is 22.4 Å². The first-order valence-electron chi connectivity index (χ1n) is 10.4. The lowest BCUT2D eigenvalue weighted by atomic mass is 9.97. The second-order valence-electron chi connectivity index (χ2n) is 8.25. The summed E-state index contributed by atoms with van der Waals surface area (Å²) in [5.41, 5.74) is 9.87. The number of aromatic nitrogens is 1. The van der Waals surface area contributed by atoms with E-state index in [2.05, 4.69) is 92.0 Å². The molecule has 0 unspecified atom stereocenters. The molecule has 0 atom stereocenters. The first kappa shape index (κ1) is 19.1. The van der Waals surface area contributed by atoms with Crippen LogP contribution in [0.5, 0.6) is 0 Å². The van der Waals surface area contributed by atoms with Crippen molar-refractivity contribution in [3.05, 3.63) is 95.0 Å². The topological polar surface area (TPSA) is 21.4 Å². The smallest absolute Gasteiger partial charge is 0.216 e. The van der Waals surface area contributed by atoms with Crippen molar-refractivity contribution in [3.63, 3.8) is 0 Å². The second-order valence-corrected chi connectivity index (χ2v) is 8.25. The molecule has 0 aliphatic carbocycles. The number of hydrogen-bond donors (Lipinski definition) is 0. The fraction of sp³-hybridized carbons (Fsp3) is 0.143. The highest BCUT2D eigenvalue weighted by atomic mass is 16.3. The van der Waals surface area contributed by atoms with Gasteiger partial charge in [-0.05, 0) is 38.0 Å². The van der Waals surface area contributed by atoms with Crippen LogP contribution < -0.4 is 4.57 Å². The standard InChI is InChI=1S/C28H23N2O/c1-17-6-10-20(11-7-17)26-23(29-4)14-13-22-21-12-9-19(3)25(27(21)31-28(22)26)24-15-8-18(2)16-30(24)5/h6-16H,1-3,5H3/q+1. The summed E-state index contributed by atoms with van der Waals surface area (Å²) in [5.74, 6) is 0. The molecule has 3 heteroatoms. The van der Waals surface area contributed by atoms with E-state index < -0.39 is 0 Å². The molecule has 3 nitrogen and oxygen atoms in total. The molecule has 0 spiro atoms. The second kappa shape index (κ2) is 7.11. The van der Waals surface area contributed by atoms with Crippen LogP contribution in [-0.2, 0) is 7.05 Å². The molecular weight excluding hydrogens is 380 g/mol. The van der Waals surface area contributed by atoms with Crippen LogP contribution in [0.15, 0.2) is 71.3 Å². The van der Waals surface area contributed by atoms with Crippen molar-refractivity contribution in [1.82, 2.24) is 0 Å². The summed E-state index contributed by atoms with van der Waals surface area (Å²) in [5, 5.41) is 2.11. The zero-order chi connectivity index (χ0) is 21.7. The van der Waals surface area contributed by atoms with Gasteiger partial charge in [-0.2, -0.15) is 0 Å². The van der Waals surface area contributed by atoms with E-state index in [1.54, 1.807) is 0 Å². The molecule has 2 aromatic heterocycles. The van der Waals surface area contributed by atoms with Crippen LogP contribution in [0.3, 0.4) is 0 Å². The summed E-state index contributed by atoms with van der Waals surface area (Å²) in [6.07, 6.45) is 2.13. The van der Waals surface area contributed by atoms with Crippen molar-refractivity contribution >= 4 is 27.6 Å². The number of benzene rings is 3. The average Bonchev–Trinajstić information content (AvgIpc) is 3.13. The fourth-order valence-electron chi connectivity index (χ4n) is 4.41. The number of furan rings is 1. The Bertz CT molecular complexity index is 1520. The third kappa shape index (κ3) is 3.00. The van der Waals surface area contributed by atoms with E-state index in [0.717, 1.165) is 49.9 Å². The molecule has 5 rings (SSSR count). The van der Waals surface area contributed by atoms with E-state index in [-0.39, 0.29) is 0 Å². The van der Waals surface area contributed by atoms with Gasteiger partial charge in [-0.1, -0.05) is 54.1 Å². The van der Waals surface area contributed by atoms with Gasteiger partial charge in [0.2, 0.25) is 5.69 Å². The summed E-state index contributed by atoms with van der Waals surface area (Å²) >= 11 is 0. The quantitative estimate of drug-likeness (QED) is 0.225. The lowest BCUT2D eigenvalue weighted by molar-refractivity contribution is -0.660. The summed E-state index contributed by atoms with van der Waals surface area (Å²) in [7, 11) is 2.07. The molecule has 5 aromatic rings. The molecule has 150 valence electrons. The maximum atomic E-state index is 7.72. The summed E-state index contributed by atoms with van der Waals surface area (Å²) in [4.78, 5) is 3.80. The number of fused-ring (bicyclic) bond motifs is 3. The van der Waals surface area contributed by atoms with Gasteiger partial charge < -0.3 is 4.42 Å². The number of pyridine rings is 1. The van der Waals surface area contributed by atoms with Crippen molar-refractivity contribution in [2.24, 2.45) is 7.05 Å². The Morgan fingerprint density at radius 2 is 1.39 bits per heavy atom. The van der Waals surface area contributed by atoms with Gasteiger partial charge in [-0.15, -0.1) is 0 Å². The maximum Gasteiger partial charge on any atom is 0.216 e. The zero-order valence-corrected chi connectivity index (χ0v) is 18.2. The minimum absolute atomic E-state index is 0.606. The van der Waals surface area contributed by atoms with Gasteiger partial charge in [0, 0.05) is 28.0 Å². The highest BCUT2D eigenvalue weighted by Crippen LogP contribution is 2.44. The molecule has 0 radical (unpaired) electrons. The van der Waals surface area contributed by atoms with Gasteiger partial charge in [0.15, 0.2) is 11.9 Å². The lowest BCUT2D eigenvalue weighted by Crippen LogP contribution is -2.31. The van der Waals surface area contributed by atoms with E-state index in [1.165, 1.54) is 11.1 Å². The SMILES string of the molecule is [C-]#[N+]c1ccc2c(oc3c(-c4ccc(C)c[n+]4C)c(C)ccc32)c1-c1ccc(C)cc1. The minimum Gasteiger partial charge on any atom is -0.456 e. The molecule has 0 aliphatic heterocycles. The van der Waals surface area contributed by atoms with Gasteiger partial charge in [0.1, 0.15) is 18.2 Å². The van der Waals surface area contributed by atoms with Gasteiger partial charge in [-0.25, -0.2) is 9.41 Å². The Morgan fingerprint density at radius 3 is 2.06 bits per heavy atom. The van der Waals surface area contributed by atoms with Crippen molar-refractivity contribution in [2.45, 2.75) is 20.8 Å². The Morgan fingerprint density at radius 1 is 0.742 bits per heavy atom. The molecule has 2 heterocycles. The van der Waals surface area contributed by atoms with E-state index in [4.69, 9.17) is 11.0 Å². The average molecular weight is 404 g/mol. The van der Waals surface area contributed by atoms with Crippen LogP contribution in [0.1, 0.15) is 16.7 Å². The predicted molar refractivity (Wildman–Crippen MR) is 126 cm³/mol. The summed E-state index contributed by atoms with van der Waals surface area (Å²) in [6.45, 7) is 14.0. The highest BCUT2D eigenvalue weighted by molar-refractivity contribution is 6.15. The number of aryl methyl sites for hydroxylation is 4. The van der Waals surface area contributed by atoms with Gasteiger partial charge in [0.25, 0.3) is 0 Å². The van der Waals surface area contributed by atoms with Crippen LogP contribution in [-0.4, -0.2) is 0 Å². The highest BCUT2D eigenvalue weighted by Gasteiger charge is 2.23.